The Morgan fingerprint density at radius 2 is 1.05 bits per heavy atom. The number of aromatic nitrogens is 6. The van der Waals surface area contributed by atoms with Crippen LogP contribution in [0.3, 0.4) is 0 Å². The molecule has 302 valence electrons. The number of carbonyl (C=O) groups excluding carboxylic acids is 3. The van der Waals surface area contributed by atoms with E-state index in [0.29, 0.717) is 78.6 Å². The number of hydrogen-bond acceptors (Lipinski definition) is 9. The first-order valence-electron chi connectivity index (χ1n) is 18.1. The number of likely N-dealkylation sites (tertiary alicyclic amines) is 2. The van der Waals surface area contributed by atoms with Crippen molar-refractivity contribution < 1.29 is 40.7 Å². The van der Waals surface area contributed by atoms with E-state index < -0.39 is 29.6 Å². The number of carbonyl (C=O) groups is 3. The molecule has 4 aromatic heterocycles. The minimum Gasteiger partial charge on any atom is -0.366 e. The summed E-state index contributed by atoms with van der Waals surface area (Å²) in [5, 5.41) is 12.4. The molecule has 0 radical (unpaired) electrons. The first-order valence-corrected chi connectivity index (χ1v) is 19.8. The number of halogens is 6. The van der Waals surface area contributed by atoms with E-state index in [9.17, 15) is 40.7 Å². The number of hydrogen-bond donors (Lipinski definition) is 1. The number of benzene rings is 1. The minimum absolute atomic E-state index is 0.0567. The van der Waals surface area contributed by atoms with E-state index in [1.165, 1.54) is 36.5 Å². The lowest BCUT2D eigenvalue weighted by molar-refractivity contribution is -0.142. The lowest BCUT2D eigenvalue weighted by Crippen LogP contribution is -2.40. The van der Waals surface area contributed by atoms with Gasteiger partial charge in [0.05, 0.1) is 11.4 Å². The lowest BCUT2D eigenvalue weighted by atomic mass is 9.94. The largest absolute Gasteiger partial charge is 0.435 e. The molecule has 2 aliphatic rings. The number of piperidine rings is 2. The van der Waals surface area contributed by atoms with Gasteiger partial charge >= 0.3 is 12.4 Å². The Morgan fingerprint density at radius 3 is 1.39 bits per heavy atom. The van der Waals surface area contributed by atoms with Crippen molar-refractivity contribution in [1.82, 2.24) is 39.3 Å². The summed E-state index contributed by atoms with van der Waals surface area (Å²) in [6.07, 6.45) is -6.70. The van der Waals surface area contributed by atoms with Crippen LogP contribution in [0.25, 0.3) is 21.1 Å². The maximum Gasteiger partial charge on any atom is 0.435 e. The third-order valence-electron chi connectivity index (χ3n) is 10.4. The third kappa shape index (κ3) is 8.90. The number of aryl methyl sites for hydroxylation is 2. The van der Waals surface area contributed by atoms with Gasteiger partial charge in [-0.2, -0.15) is 36.5 Å². The van der Waals surface area contributed by atoms with Gasteiger partial charge < -0.3 is 15.5 Å². The first kappa shape index (κ1) is 40.1. The molecule has 2 fully saturated rings. The Bertz CT molecular complexity index is 2150. The summed E-state index contributed by atoms with van der Waals surface area (Å²) in [5.41, 5.74) is 7.54. The van der Waals surface area contributed by atoms with E-state index in [4.69, 9.17) is 15.7 Å². The smallest absolute Gasteiger partial charge is 0.366 e. The molecule has 6 heterocycles. The molecule has 0 saturated carbocycles. The van der Waals surface area contributed by atoms with Crippen LogP contribution in [0.5, 0.6) is 0 Å². The molecule has 57 heavy (non-hydrogen) atoms. The zero-order valence-electron chi connectivity index (χ0n) is 30.7. The molecule has 2 N–H and O–H groups in total. The number of nitrogens with zero attached hydrogens (tertiary/aromatic N) is 8. The van der Waals surface area contributed by atoms with Crippen LogP contribution >= 0.6 is 22.7 Å². The summed E-state index contributed by atoms with van der Waals surface area (Å²) in [6, 6.07) is 7.13. The van der Waals surface area contributed by atoms with E-state index in [1.807, 2.05) is 16.8 Å². The van der Waals surface area contributed by atoms with Crippen molar-refractivity contribution in [1.29, 1.82) is 0 Å². The Kier molecular flexibility index (Phi) is 11.0. The van der Waals surface area contributed by atoms with Crippen LogP contribution in [-0.4, -0.2) is 83.2 Å². The standard InChI is InChI=1S/C37H37F6N9O3S2/c1-20-11-29(36(38,39)40)47-51(20)16-31(53)49-7-3-22(4-8-49)27-18-56-34(45-27)25-13-24(33(44)55)14-26(15-25)35-46-28(19-57-35)23-5-9-50(10-6-23)32(54)17-52-21(2)12-30(48-52)37(41,42)43/h11-15,18-19,22-23H,3-10,16-17H2,1-2H3,(H2,44,55). The van der Waals surface area contributed by atoms with E-state index in [-0.39, 0.29) is 48.1 Å². The van der Waals surface area contributed by atoms with Crippen LogP contribution in [-0.2, 0) is 35.0 Å². The Balaban J connectivity index is 0.972. The fraction of sp³-hybridized carbons (Fsp3) is 0.432. The van der Waals surface area contributed by atoms with Gasteiger partial charge in [-0.05, 0) is 69.9 Å². The number of amides is 3. The van der Waals surface area contributed by atoms with Crippen molar-refractivity contribution in [2.45, 2.75) is 76.8 Å². The second-order valence-electron chi connectivity index (χ2n) is 14.3. The van der Waals surface area contributed by atoms with Gasteiger partial charge in [-0.25, -0.2) is 9.97 Å². The van der Waals surface area contributed by atoms with E-state index in [0.717, 1.165) is 32.9 Å². The van der Waals surface area contributed by atoms with Crippen molar-refractivity contribution in [3.05, 3.63) is 80.8 Å². The van der Waals surface area contributed by atoms with Crippen molar-refractivity contribution in [2.24, 2.45) is 5.73 Å². The molecular weight excluding hydrogens is 797 g/mol. The zero-order chi connectivity index (χ0) is 40.8. The van der Waals surface area contributed by atoms with Crippen LogP contribution in [0.4, 0.5) is 26.3 Å². The Labute approximate surface area is 330 Å². The molecule has 0 aliphatic carbocycles. The number of alkyl halides is 6. The first-order chi connectivity index (χ1) is 26.9. The topological polar surface area (TPSA) is 145 Å². The summed E-state index contributed by atoms with van der Waals surface area (Å²) in [5.74, 6) is -1.11. The summed E-state index contributed by atoms with van der Waals surface area (Å²) >= 11 is 2.83. The maximum absolute atomic E-state index is 13.1. The maximum atomic E-state index is 13.1. The quantitative estimate of drug-likeness (QED) is 0.159. The van der Waals surface area contributed by atoms with Crippen molar-refractivity contribution in [2.75, 3.05) is 26.2 Å². The number of nitrogens with two attached hydrogens (primary N) is 1. The van der Waals surface area contributed by atoms with Gasteiger partial charge in [-0.1, -0.05) is 0 Å². The highest BCUT2D eigenvalue weighted by atomic mass is 32.1. The molecule has 20 heteroatoms. The van der Waals surface area contributed by atoms with Crippen LogP contribution < -0.4 is 5.73 Å². The Hall–Kier alpha value is -5.11. The SMILES string of the molecule is Cc1cc(C(F)(F)F)nn1CC(=O)N1CCC(c2csc(-c3cc(C(N)=O)cc(-c4nc(C5CCN(C(=O)Cn6nc(C(F)(F)F)cc6C)CC5)cs4)c3)n2)CC1. The van der Waals surface area contributed by atoms with Crippen molar-refractivity contribution in [3.8, 4) is 21.1 Å². The number of primary amides is 1. The lowest BCUT2D eigenvalue weighted by Gasteiger charge is -2.31. The molecule has 0 spiro atoms. The zero-order valence-corrected chi connectivity index (χ0v) is 32.4. The molecule has 1 aromatic carbocycles. The summed E-state index contributed by atoms with van der Waals surface area (Å²) in [7, 11) is 0. The molecule has 3 amide bonds. The van der Waals surface area contributed by atoms with Crippen LogP contribution in [0, 0.1) is 13.8 Å². The summed E-state index contributed by atoms with van der Waals surface area (Å²) < 4.78 is 80.6. The number of thiazole rings is 2. The van der Waals surface area contributed by atoms with Gasteiger partial charge in [0.1, 0.15) is 23.1 Å². The average Bonchev–Trinajstić information content (AvgIpc) is 3.99. The fourth-order valence-electron chi connectivity index (χ4n) is 7.15. The molecule has 7 rings (SSSR count). The highest BCUT2D eigenvalue weighted by molar-refractivity contribution is 7.13. The van der Waals surface area contributed by atoms with Crippen molar-refractivity contribution in [3.63, 3.8) is 0 Å². The Morgan fingerprint density at radius 1 is 0.667 bits per heavy atom. The second-order valence-corrected chi connectivity index (χ2v) is 16.0. The molecule has 12 nitrogen and oxygen atoms in total. The highest BCUT2D eigenvalue weighted by Gasteiger charge is 2.36. The van der Waals surface area contributed by atoms with E-state index in [1.54, 1.807) is 21.9 Å². The molecular formula is C37H37F6N9O3S2. The van der Waals surface area contributed by atoms with Gasteiger partial charge in [-0.15, -0.1) is 22.7 Å². The molecule has 5 aromatic rings. The minimum atomic E-state index is -4.59. The molecule has 0 atom stereocenters. The average molecular weight is 834 g/mol. The van der Waals surface area contributed by atoms with Crippen molar-refractivity contribution >= 4 is 40.4 Å². The van der Waals surface area contributed by atoms with E-state index >= 15 is 0 Å². The highest BCUT2D eigenvalue weighted by Crippen LogP contribution is 2.38. The van der Waals surface area contributed by atoms with E-state index in [2.05, 4.69) is 10.2 Å². The fourth-order valence-corrected chi connectivity index (χ4v) is 8.93. The summed E-state index contributed by atoms with van der Waals surface area (Å²) in [6.45, 7) is 4.08. The normalized spacial score (nSPS) is 16.1. The third-order valence-corrected chi connectivity index (χ3v) is 12.2. The van der Waals surface area contributed by atoms with Gasteiger partial charge in [0.15, 0.2) is 11.4 Å². The second kappa shape index (κ2) is 15.7. The van der Waals surface area contributed by atoms with Crippen LogP contribution in [0.15, 0.2) is 41.1 Å². The van der Waals surface area contributed by atoms with Gasteiger partial charge in [0, 0.05) is 76.9 Å². The van der Waals surface area contributed by atoms with Crippen LogP contribution in [0.1, 0.15) is 82.0 Å². The predicted molar refractivity (Wildman–Crippen MR) is 198 cm³/mol. The van der Waals surface area contributed by atoms with Crippen LogP contribution in [0.2, 0.25) is 0 Å². The monoisotopic (exact) mass is 833 g/mol. The molecule has 0 unspecified atom stereocenters. The molecule has 2 saturated heterocycles. The van der Waals surface area contributed by atoms with Gasteiger partial charge in [0.2, 0.25) is 17.7 Å². The van der Waals surface area contributed by atoms with Gasteiger partial charge in [0.25, 0.3) is 0 Å². The predicted octanol–water partition coefficient (Wildman–Crippen LogP) is 6.89. The molecule has 2 aliphatic heterocycles. The number of rotatable bonds is 9. The molecule has 0 bridgehead atoms. The summed E-state index contributed by atoms with van der Waals surface area (Å²) in [4.78, 5) is 51.4. The van der Waals surface area contributed by atoms with Gasteiger partial charge in [-0.3, -0.25) is 23.7 Å².